The van der Waals surface area contributed by atoms with Crippen LogP contribution in [0.1, 0.15) is 0 Å². The molecule has 0 spiro atoms. The van der Waals surface area contributed by atoms with Gasteiger partial charge in [0.05, 0.1) is 22.1 Å². The zero-order valence-corrected chi connectivity index (χ0v) is 27.5. The fourth-order valence-electron chi connectivity index (χ4n) is 8.26. The molecule has 0 saturated heterocycles. The molecular formula is C47H29N3O. The van der Waals surface area contributed by atoms with Crippen LogP contribution in [-0.2, 0) is 0 Å². The number of fused-ring (bicyclic) bond motifs is 9. The van der Waals surface area contributed by atoms with E-state index in [1.807, 2.05) is 18.3 Å². The summed E-state index contributed by atoms with van der Waals surface area (Å²) in [7, 11) is 0. The minimum Gasteiger partial charge on any atom is -0.454 e. The molecular weight excluding hydrogens is 623 g/mol. The number of rotatable bonds is 4. The van der Waals surface area contributed by atoms with E-state index in [1.54, 1.807) is 0 Å². The molecule has 0 atom stereocenters. The lowest BCUT2D eigenvalue weighted by Gasteiger charge is -2.17. The lowest BCUT2D eigenvalue weighted by Crippen LogP contribution is -1.97. The highest BCUT2D eigenvalue weighted by atomic mass is 16.3. The van der Waals surface area contributed by atoms with Crippen molar-refractivity contribution in [3.8, 4) is 33.6 Å². The zero-order valence-electron chi connectivity index (χ0n) is 27.5. The summed E-state index contributed by atoms with van der Waals surface area (Å²) in [5.74, 6) is 0. The largest absolute Gasteiger partial charge is 0.454 e. The highest BCUT2D eigenvalue weighted by Gasteiger charge is 2.24. The zero-order chi connectivity index (χ0) is 33.5. The second-order valence-corrected chi connectivity index (χ2v) is 13.1. The molecule has 51 heavy (non-hydrogen) atoms. The second-order valence-electron chi connectivity index (χ2n) is 13.1. The number of pyridine rings is 1. The molecule has 0 saturated carbocycles. The molecule has 11 aromatic rings. The number of hydrogen-bond donors (Lipinski definition) is 0. The van der Waals surface area contributed by atoms with Gasteiger partial charge >= 0.3 is 0 Å². The maximum atomic E-state index is 6.17. The van der Waals surface area contributed by atoms with Crippen LogP contribution in [0, 0.1) is 0 Å². The normalized spacial score (nSPS) is 11.9. The maximum absolute atomic E-state index is 6.17. The van der Waals surface area contributed by atoms with Crippen molar-refractivity contribution in [2.45, 2.75) is 0 Å². The van der Waals surface area contributed by atoms with E-state index < -0.39 is 0 Å². The number of aromatic nitrogens is 3. The van der Waals surface area contributed by atoms with E-state index in [4.69, 9.17) is 4.42 Å². The summed E-state index contributed by atoms with van der Waals surface area (Å²) in [4.78, 5) is 4.68. The van der Waals surface area contributed by atoms with Gasteiger partial charge in [-0.05, 0) is 77.4 Å². The van der Waals surface area contributed by atoms with Gasteiger partial charge in [-0.1, -0.05) is 109 Å². The van der Waals surface area contributed by atoms with Crippen molar-refractivity contribution in [1.82, 2.24) is 14.1 Å². The first-order valence-corrected chi connectivity index (χ1v) is 17.3. The second kappa shape index (κ2) is 10.8. The fraction of sp³-hybridized carbons (Fsp3) is 0. The van der Waals surface area contributed by atoms with Crippen molar-refractivity contribution in [2.24, 2.45) is 0 Å². The average molecular weight is 652 g/mol. The summed E-state index contributed by atoms with van der Waals surface area (Å²) in [6.45, 7) is 0. The van der Waals surface area contributed by atoms with E-state index >= 15 is 0 Å². The first-order chi connectivity index (χ1) is 25.3. The molecule has 7 aromatic carbocycles. The fourth-order valence-corrected chi connectivity index (χ4v) is 8.26. The molecule has 0 unspecified atom stereocenters. The molecule has 4 heteroatoms. The summed E-state index contributed by atoms with van der Waals surface area (Å²) in [5, 5.41) is 5.90. The van der Waals surface area contributed by atoms with Crippen molar-refractivity contribution < 1.29 is 4.42 Å². The van der Waals surface area contributed by atoms with Crippen LogP contribution in [0.15, 0.2) is 180 Å². The van der Waals surface area contributed by atoms with Crippen LogP contribution in [0.5, 0.6) is 0 Å². The van der Waals surface area contributed by atoms with Crippen molar-refractivity contribution in [2.75, 3.05) is 0 Å². The van der Waals surface area contributed by atoms with E-state index in [1.165, 1.54) is 54.8 Å². The van der Waals surface area contributed by atoms with Crippen LogP contribution < -0.4 is 0 Å². The average Bonchev–Trinajstić information content (AvgIpc) is 3.86. The van der Waals surface area contributed by atoms with Crippen LogP contribution in [-0.4, -0.2) is 14.1 Å². The predicted octanol–water partition coefficient (Wildman–Crippen LogP) is 12.5. The maximum Gasteiger partial charge on any atom is 0.153 e. The molecule has 11 rings (SSSR count). The Hall–Kier alpha value is -6.91. The Morgan fingerprint density at radius 2 is 1.16 bits per heavy atom. The molecule has 0 N–H and O–H groups in total. The first kappa shape index (κ1) is 28.0. The summed E-state index contributed by atoms with van der Waals surface area (Å²) < 4.78 is 11.0. The molecule has 4 heterocycles. The Labute approximate surface area is 293 Å². The van der Waals surface area contributed by atoms with Gasteiger partial charge in [0.15, 0.2) is 5.58 Å². The highest BCUT2D eigenvalue weighted by Crippen LogP contribution is 2.47. The van der Waals surface area contributed by atoms with E-state index in [2.05, 4.69) is 172 Å². The minimum absolute atomic E-state index is 0.796. The number of benzene rings is 7. The van der Waals surface area contributed by atoms with Crippen LogP contribution in [0.2, 0.25) is 0 Å². The smallest absolute Gasteiger partial charge is 0.153 e. The van der Waals surface area contributed by atoms with Gasteiger partial charge in [-0.15, -0.1) is 0 Å². The van der Waals surface area contributed by atoms with Crippen molar-refractivity contribution in [1.29, 1.82) is 0 Å². The van der Waals surface area contributed by atoms with Crippen LogP contribution in [0.4, 0.5) is 0 Å². The molecule has 0 aliphatic heterocycles. The quantitative estimate of drug-likeness (QED) is 0.190. The topological polar surface area (TPSA) is 35.9 Å². The van der Waals surface area contributed by atoms with Crippen LogP contribution in [0.3, 0.4) is 0 Å². The summed E-state index contributed by atoms with van der Waals surface area (Å²) in [5.41, 5.74) is 14.2. The Kier molecular flexibility index (Phi) is 5.92. The molecule has 4 aromatic heterocycles. The van der Waals surface area contributed by atoms with E-state index in [0.717, 1.165) is 44.5 Å². The molecule has 0 bridgehead atoms. The third-order valence-electron chi connectivity index (χ3n) is 10.4. The van der Waals surface area contributed by atoms with Crippen LogP contribution in [0.25, 0.3) is 99.3 Å². The lowest BCUT2D eigenvalue weighted by molar-refractivity contribution is 0.668. The Bertz CT molecular complexity index is 3130. The Balaban J connectivity index is 1.30. The van der Waals surface area contributed by atoms with Gasteiger partial charge in [0.2, 0.25) is 0 Å². The number of furan rings is 1. The van der Waals surface area contributed by atoms with E-state index in [0.29, 0.717) is 0 Å². The number of nitrogens with zero attached hydrogens (tertiary/aromatic N) is 3. The van der Waals surface area contributed by atoms with Crippen molar-refractivity contribution >= 4 is 65.7 Å². The summed E-state index contributed by atoms with van der Waals surface area (Å²) >= 11 is 0. The van der Waals surface area contributed by atoms with Crippen molar-refractivity contribution in [3.05, 3.63) is 176 Å². The number of hydrogen-bond acceptors (Lipinski definition) is 2. The van der Waals surface area contributed by atoms with Gasteiger partial charge in [-0.2, -0.15) is 0 Å². The molecule has 238 valence electrons. The summed E-state index contributed by atoms with van der Waals surface area (Å²) in [6.07, 6.45) is 1.83. The lowest BCUT2D eigenvalue weighted by atomic mass is 9.89. The molecule has 0 amide bonds. The van der Waals surface area contributed by atoms with Gasteiger partial charge in [0, 0.05) is 50.1 Å². The molecule has 0 fully saturated rings. The minimum atomic E-state index is 0.796. The van der Waals surface area contributed by atoms with Crippen molar-refractivity contribution in [3.63, 3.8) is 0 Å². The van der Waals surface area contributed by atoms with E-state index in [9.17, 15) is 0 Å². The third-order valence-corrected chi connectivity index (χ3v) is 10.4. The van der Waals surface area contributed by atoms with E-state index in [-0.39, 0.29) is 0 Å². The monoisotopic (exact) mass is 651 g/mol. The summed E-state index contributed by atoms with van der Waals surface area (Å²) in [6, 6.07) is 60.9. The van der Waals surface area contributed by atoms with Crippen LogP contribution >= 0.6 is 0 Å². The van der Waals surface area contributed by atoms with Gasteiger partial charge in [-0.3, -0.25) is 4.98 Å². The van der Waals surface area contributed by atoms with Gasteiger partial charge in [-0.25, -0.2) is 0 Å². The predicted molar refractivity (Wildman–Crippen MR) is 211 cm³/mol. The standard InChI is InChI=1S/C47H29N3O/c1-3-13-30(14-4-1)33-25-26-35-34-17-7-9-20-39(34)50(31-15-5-2-6-16-31)47(35)45(33)37-19-11-22-41-44(37)36-18-8-10-21-40(36)49(41)32-24-27-42-38(29-32)46-43(51-42)23-12-28-48-46/h1-29H. The molecule has 0 radical (unpaired) electrons. The Morgan fingerprint density at radius 3 is 2.00 bits per heavy atom. The Morgan fingerprint density at radius 1 is 0.431 bits per heavy atom. The molecule has 0 aliphatic rings. The SMILES string of the molecule is c1ccc(-c2ccc3c4ccccc4n(-c4ccccc4)c3c2-c2cccc3c2c2ccccc2n3-c2ccc3oc4cccnc4c3c2)cc1. The number of para-hydroxylation sites is 3. The highest BCUT2D eigenvalue weighted by molar-refractivity contribution is 6.23. The van der Waals surface area contributed by atoms with Gasteiger partial charge in [0.25, 0.3) is 0 Å². The molecule has 0 aliphatic carbocycles. The molecule has 4 nitrogen and oxygen atoms in total. The third kappa shape index (κ3) is 4.05. The first-order valence-electron chi connectivity index (χ1n) is 17.3. The van der Waals surface area contributed by atoms with Gasteiger partial charge in [0.1, 0.15) is 11.1 Å². The van der Waals surface area contributed by atoms with Gasteiger partial charge < -0.3 is 13.6 Å².